The lowest BCUT2D eigenvalue weighted by molar-refractivity contribution is -0.122. The number of carbonyl (C=O) groups is 2. The highest BCUT2D eigenvalue weighted by molar-refractivity contribution is 6.50. The Balaban J connectivity index is 1.88. The third-order valence-corrected chi connectivity index (χ3v) is 4.99. The van der Waals surface area contributed by atoms with Gasteiger partial charge in [-0.2, -0.15) is 0 Å². The quantitative estimate of drug-likeness (QED) is 0.563. The van der Waals surface area contributed by atoms with E-state index in [1.54, 1.807) is 6.20 Å². The fraction of sp³-hybridized carbons (Fsp3) is 0.0455. The maximum atomic E-state index is 12.7. The first-order valence-corrected chi connectivity index (χ1v) is 8.63. The van der Waals surface area contributed by atoms with Gasteiger partial charge in [-0.15, -0.1) is 0 Å². The van der Waals surface area contributed by atoms with Crippen LogP contribution in [0.2, 0.25) is 0 Å². The second-order valence-electron chi connectivity index (χ2n) is 6.59. The van der Waals surface area contributed by atoms with Gasteiger partial charge >= 0.3 is 0 Å². The first-order chi connectivity index (χ1) is 13.1. The number of pyridine rings is 1. The summed E-state index contributed by atoms with van der Waals surface area (Å²) in [5.41, 5.74) is 3.05. The molecule has 0 aliphatic carbocycles. The van der Waals surface area contributed by atoms with E-state index in [2.05, 4.69) is 10.3 Å². The molecule has 5 nitrogen and oxygen atoms in total. The molecule has 1 aliphatic rings. The van der Waals surface area contributed by atoms with Crippen LogP contribution >= 0.6 is 0 Å². The van der Waals surface area contributed by atoms with Crippen molar-refractivity contribution in [3.63, 3.8) is 0 Å². The van der Waals surface area contributed by atoms with Crippen molar-refractivity contribution in [2.75, 3.05) is 0 Å². The van der Waals surface area contributed by atoms with Crippen LogP contribution in [0.25, 0.3) is 33.0 Å². The standard InChI is InChI=1S/C22H15N3O2/c1-25-12-17(16-10-5-11-23-20(16)25)19-18(21(26)24-22(19)27)15-9-4-7-13-6-2-3-8-14(13)15/h2-12H,1H3,(H,24,26,27). The van der Waals surface area contributed by atoms with Gasteiger partial charge < -0.3 is 4.57 Å². The topological polar surface area (TPSA) is 64.0 Å². The number of fused-ring (bicyclic) bond motifs is 2. The summed E-state index contributed by atoms with van der Waals surface area (Å²) in [5.74, 6) is -0.744. The number of benzene rings is 2. The first-order valence-electron chi connectivity index (χ1n) is 8.63. The molecule has 27 heavy (non-hydrogen) atoms. The van der Waals surface area contributed by atoms with Crippen LogP contribution in [-0.4, -0.2) is 21.4 Å². The molecule has 0 bridgehead atoms. The van der Waals surface area contributed by atoms with Gasteiger partial charge in [0, 0.05) is 30.4 Å². The summed E-state index contributed by atoms with van der Waals surface area (Å²) in [7, 11) is 1.88. The minimum Gasteiger partial charge on any atom is -0.335 e. The molecule has 0 atom stereocenters. The van der Waals surface area contributed by atoms with Gasteiger partial charge in [-0.3, -0.25) is 14.9 Å². The highest BCUT2D eigenvalue weighted by Gasteiger charge is 2.34. The van der Waals surface area contributed by atoms with E-state index in [-0.39, 0.29) is 11.8 Å². The molecular formula is C22H15N3O2. The molecule has 2 aromatic carbocycles. The molecular weight excluding hydrogens is 338 g/mol. The smallest absolute Gasteiger partial charge is 0.259 e. The number of imide groups is 1. The van der Waals surface area contributed by atoms with Crippen LogP contribution in [0.3, 0.4) is 0 Å². The van der Waals surface area contributed by atoms with E-state index in [0.717, 1.165) is 27.4 Å². The third kappa shape index (κ3) is 2.22. The molecule has 4 aromatic rings. The predicted octanol–water partition coefficient (Wildman–Crippen LogP) is 3.29. The molecule has 3 heterocycles. The van der Waals surface area contributed by atoms with Crippen LogP contribution < -0.4 is 5.32 Å². The molecule has 0 saturated carbocycles. The largest absolute Gasteiger partial charge is 0.335 e. The van der Waals surface area contributed by atoms with Crippen molar-refractivity contribution in [3.8, 4) is 0 Å². The molecule has 5 heteroatoms. The number of rotatable bonds is 2. The van der Waals surface area contributed by atoms with Gasteiger partial charge in [-0.25, -0.2) is 4.98 Å². The van der Waals surface area contributed by atoms with Gasteiger partial charge in [0.05, 0.1) is 11.1 Å². The van der Waals surface area contributed by atoms with E-state index in [1.807, 2.05) is 72.4 Å². The lowest BCUT2D eigenvalue weighted by Crippen LogP contribution is -2.22. The Morgan fingerprint density at radius 1 is 0.815 bits per heavy atom. The summed E-state index contributed by atoms with van der Waals surface area (Å²) in [6.07, 6.45) is 3.57. The zero-order valence-corrected chi connectivity index (χ0v) is 14.6. The molecule has 2 aromatic heterocycles. The van der Waals surface area contributed by atoms with Gasteiger partial charge in [-0.05, 0) is 28.5 Å². The SMILES string of the molecule is Cn1cc(C2=C(c3cccc4ccccc34)C(=O)NC2=O)c2cccnc21. The molecule has 2 amide bonds. The van der Waals surface area contributed by atoms with E-state index in [1.165, 1.54) is 0 Å². The van der Waals surface area contributed by atoms with E-state index < -0.39 is 0 Å². The van der Waals surface area contributed by atoms with Gasteiger partial charge in [-0.1, -0.05) is 42.5 Å². The summed E-state index contributed by atoms with van der Waals surface area (Å²) < 4.78 is 1.87. The third-order valence-electron chi connectivity index (χ3n) is 4.99. The number of carbonyl (C=O) groups excluding carboxylic acids is 2. The van der Waals surface area contributed by atoms with Crippen molar-refractivity contribution < 1.29 is 9.59 Å². The van der Waals surface area contributed by atoms with Gasteiger partial charge in [0.25, 0.3) is 11.8 Å². The number of nitrogens with one attached hydrogen (secondary N) is 1. The monoisotopic (exact) mass is 353 g/mol. The number of aryl methyl sites for hydroxylation is 1. The lowest BCUT2D eigenvalue weighted by atomic mass is 9.93. The normalized spacial score (nSPS) is 14.4. The van der Waals surface area contributed by atoms with Crippen molar-refractivity contribution in [1.29, 1.82) is 0 Å². The maximum Gasteiger partial charge on any atom is 0.259 e. The number of hydrogen-bond acceptors (Lipinski definition) is 3. The van der Waals surface area contributed by atoms with Gasteiger partial charge in [0.2, 0.25) is 0 Å². The molecule has 0 spiro atoms. The highest BCUT2D eigenvalue weighted by Crippen LogP contribution is 2.37. The fourth-order valence-electron chi connectivity index (χ4n) is 3.82. The molecule has 0 fully saturated rings. The maximum absolute atomic E-state index is 12.7. The van der Waals surface area contributed by atoms with Crippen LogP contribution in [0, 0.1) is 0 Å². The summed E-state index contributed by atoms with van der Waals surface area (Å²) in [5, 5.41) is 5.28. The Hall–Kier alpha value is -3.73. The average Bonchev–Trinajstić information content (AvgIpc) is 3.17. The predicted molar refractivity (Wildman–Crippen MR) is 105 cm³/mol. The Morgan fingerprint density at radius 3 is 2.37 bits per heavy atom. The Kier molecular flexibility index (Phi) is 3.24. The average molecular weight is 353 g/mol. The highest BCUT2D eigenvalue weighted by atomic mass is 16.2. The number of hydrogen-bond donors (Lipinski definition) is 1. The van der Waals surface area contributed by atoms with Crippen molar-refractivity contribution in [3.05, 3.63) is 78.1 Å². The van der Waals surface area contributed by atoms with Crippen molar-refractivity contribution >= 4 is 44.8 Å². The van der Waals surface area contributed by atoms with Crippen LogP contribution in [0.4, 0.5) is 0 Å². The summed E-state index contributed by atoms with van der Waals surface area (Å²) >= 11 is 0. The van der Waals surface area contributed by atoms with Crippen molar-refractivity contribution in [2.24, 2.45) is 7.05 Å². The first kappa shape index (κ1) is 15.5. The molecule has 0 unspecified atom stereocenters. The van der Waals surface area contributed by atoms with E-state index >= 15 is 0 Å². The van der Waals surface area contributed by atoms with Crippen LogP contribution in [-0.2, 0) is 16.6 Å². The molecule has 1 N–H and O–H groups in total. The van der Waals surface area contributed by atoms with Crippen molar-refractivity contribution in [1.82, 2.24) is 14.9 Å². The van der Waals surface area contributed by atoms with E-state index in [9.17, 15) is 9.59 Å². The Labute approximate surface area is 154 Å². The second-order valence-corrected chi connectivity index (χ2v) is 6.59. The van der Waals surface area contributed by atoms with Crippen LogP contribution in [0.5, 0.6) is 0 Å². The minimum atomic E-state index is -0.376. The molecule has 0 radical (unpaired) electrons. The summed E-state index contributed by atoms with van der Waals surface area (Å²) in [4.78, 5) is 29.9. The number of nitrogens with zero attached hydrogens (tertiary/aromatic N) is 2. The summed E-state index contributed by atoms with van der Waals surface area (Å²) in [6, 6.07) is 17.4. The minimum absolute atomic E-state index is 0.368. The van der Waals surface area contributed by atoms with Crippen molar-refractivity contribution in [2.45, 2.75) is 0 Å². The Bertz CT molecular complexity index is 1290. The zero-order valence-electron chi connectivity index (χ0n) is 14.6. The Morgan fingerprint density at radius 2 is 1.52 bits per heavy atom. The van der Waals surface area contributed by atoms with Crippen LogP contribution in [0.15, 0.2) is 67.0 Å². The molecule has 130 valence electrons. The van der Waals surface area contributed by atoms with Gasteiger partial charge in [0.15, 0.2) is 0 Å². The van der Waals surface area contributed by atoms with E-state index in [4.69, 9.17) is 0 Å². The number of amides is 2. The lowest BCUT2D eigenvalue weighted by Gasteiger charge is -2.08. The molecule has 5 rings (SSSR count). The van der Waals surface area contributed by atoms with E-state index in [0.29, 0.717) is 16.7 Å². The zero-order chi connectivity index (χ0) is 18.5. The van der Waals surface area contributed by atoms with Gasteiger partial charge in [0.1, 0.15) is 5.65 Å². The van der Waals surface area contributed by atoms with Crippen LogP contribution in [0.1, 0.15) is 11.1 Å². The second kappa shape index (κ2) is 5.64. The summed E-state index contributed by atoms with van der Waals surface area (Å²) in [6.45, 7) is 0. The molecule has 0 saturated heterocycles. The number of aromatic nitrogens is 2. The molecule has 1 aliphatic heterocycles. The fourth-order valence-corrected chi connectivity index (χ4v) is 3.82.